The Balaban J connectivity index is 1.59. The van der Waals surface area contributed by atoms with Crippen molar-refractivity contribution in [2.45, 2.75) is 35.4 Å². The van der Waals surface area contributed by atoms with Crippen LogP contribution in [0.2, 0.25) is 10.0 Å². The summed E-state index contributed by atoms with van der Waals surface area (Å²) in [6, 6.07) is 17.5. The maximum absolute atomic E-state index is 13.6. The lowest BCUT2D eigenvalue weighted by molar-refractivity contribution is -0.142. The van der Waals surface area contributed by atoms with Crippen molar-refractivity contribution in [1.29, 1.82) is 0 Å². The number of carbonyl (C=O) groups is 2. The molecule has 246 valence electrons. The van der Waals surface area contributed by atoms with E-state index in [0.717, 1.165) is 18.7 Å². The lowest BCUT2D eigenvalue weighted by Crippen LogP contribution is -2.31. The number of methoxy groups -OCH3 is 1. The number of rotatable bonds is 9. The molecule has 0 radical (unpaired) electrons. The number of nitrogens with zero attached hydrogens (tertiary/aromatic N) is 1. The zero-order valence-electron chi connectivity index (χ0n) is 24.7. The summed E-state index contributed by atoms with van der Waals surface area (Å²) in [5, 5.41) is 5.44. The van der Waals surface area contributed by atoms with Gasteiger partial charge in [-0.2, -0.15) is 13.2 Å². The fourth-order valence-electron chi connectivity index (χ4n) is 4.39. The number of guanidine groups is 1. The van der Waals surface area contributed by atoms with Crippen molar-refractivity contribution in [2.75, 3.05) is 17.7 Å². The number of alkyl halides is 3. The van der Waals surface area contributed by atoms with Gasteiger partial charge < -0.3 is 21.1 Å². The van der Waals surface area contributed by atoms with Gasteiger partial charge in [0.25, 0.3) is 5.91 Å². The SMILES string of the molecule is COC(=O)[C@H](Cc1ccc(NC(=O)c2c(Cl)cccc2Cl)cc1)N=C(N)Nc1cc(C(F)(F)F)ccc1S(=O)(=O)c1ccc(C)cc1. The number of esters is 1. The molecule has 15 heteroatoms. The zero-order chi connectivity index (χ0) is 34.5. The summed E-state index contributed by atoms with van der Waals surface area (Å²) in [5.74, 6) is -1.90. The molecule has 1 atom stereocenters. The van der Waals surface area contributed by atoms with Gasteiger partial charge in [0.2, 0.25) is 9.84 Å². The second kappa shape index (κ2) is 14.4. The van der Waals surface area contributed by atoms with Crippen LogP contribution in [0.3, 0.4) is 0 Å². The number of hydrogen-bond donors (Lipinski definition) is 3. The minimum absolute atomic E-state index is 0.0727. The number of aliphatic imine (C=N–C) groups is 1. The number of carbonyl (C=O) groups excluding carboxylic acids is 2. The van der Waals surface area contributed by atoms with Crippen LogP contribution < -0.4 is 16.4 Å². The van der Waals surface area contributed by atoms with Crippen molar-refractivity contribution in [3.63, 3.8) is 0 Å². The highest BCUT2D eigenvalue weighted by molar-refractivity contribution is 7.91. The van der Waals surface area contributed by atoms with Crippen molar-refractivity contribution in [3.8, 4) is 0 Å². The number of nitrogens with one attached hydrogen (secondary N) is 2. The normalized spacial score (nSPS) is 12.7. The molecule has 0 aliphatic carbocycles. The van der Waals surface area contributed by atoms with E-state index < -0.39 is 56.0 Å². The van der Waals surface area contributed by atoms with E-state index in [-0.39, 0.29) is 26.9 Å². The van der Waals surface area contributed by atoms with E-state index in [9.17, 15) is 31.2 Å². The first kappa shape index (κ1) is 35.3. The highest BCUT2D eigenvalue weighted by atomic mass is 35.5. The molecule has 1 amide bonds. The van der Waals surface area contributed by atoms with Crippen LogP contribution in [0, 0.1) is 6.92 Å². The molecule has 0 saturated carbocycles. The lowest BCUT2D eigenvalue weighted by atomic mass is 10.1. The van der Waals surface area contributed by atoms with E-state index in [1.165, 1.54) is 24.3 Å². The second-order valence-corrected chi connectivity index (χ2v) is 12.9. The number of sulfone groups is 1. The molecular weight excluding hydrogens is 680 g/mol. The Bertz CT molecular complexity index is 1920. The number of aryl methyl sites for hydroxylation is 1. The Morgan fingerprint density at radius 3 is 2.13 bits per heavy atom. The van der Waals surface area contributed by atoms with E-state index in [2.05, 4.69) is 15.6 Å². The lowest BCUT2D eigenvalue weighted by Gasteiger charge is -2.17. The van der Waals surface area contributed by atoms with E-state index >= 15 is 0 Å². The van der Waals surface area contributed by atoms with Gasteiger partial charge in [0.15, 0.2) is 12.0 Å². The predicted octanol–water partition coefficient (Wildman–Crippen LogP) is 6.92. The van der Waals surface area contributed by atoms with Crippen molar-refractivity contribution in [1.82, 2.24) is 0 Å². The first-order valence-corrected chi connectivity index (χ1v) is 15.9. The van der Waals surface area contributed by atoms with Gasteiger partial charge in [0, 0.05) is 12.1 Å². The summed E-state index contributed by atoms with van der Waals surface area (Å²) in [4.78, 5) is 28.8. The number of hydrogen-bond acceptors (Lipinski definition) is 6. The van der Waals surface area contributed by atoms with Crippen LogP contribution >= 0.6 is 23.2 Å². The fourth-order valence-corrected chi connectivity index (χ4v) is 6.36. The molecule has 4 rings (SSSR count). The third-order valence-corrected chi connectivity index (χ3v) is 9.25. The van der Waals surface area contributed by atoms with Gasteiger partial charge in [-0.1, -0.05) is 59.1 Å². The molecule has 0 bridgehead atoms. The Morgan fingerprint density at radius 1 is 0.936 bits per heavy atom. The summed E-state index contributed by atoms with van der Waals surface area (Å²) in [7, 11) is -3.19. The largest absolute Gasteiger partial charge is 0.467 e. The minimum Gasteiger partial charge on any atom is -0.467 e. The first-order valence-electron chi connectivity index (χ1n) is 13.7. The van der Waals surface area contributed by atoms with Crippen molar-refractivity contribution < 1.29 is 35.9 Å². The van der Waals surface area contributed by atoms with Crippen LogP contribution in [-0.4, -0.2) is 39.4 Å². The van der Waals surface area contributed by atoms with E-state index in [4.69, 9.17) is 33.7 Å². The van der Waals surface area contributed by atoms with Crippen LogP contribution in [0.4, 0.5) is 24.5 Å². The van der Waals surface area contributed by atoms with Crippen molar-refractivity contribution in [2.24, 2.45) is 10.7 Å². The number of anilines is 2. The quantitative estimate of drug-likeness (QED) is 0.0976. The third kappa shape index (κ3) is 8.61. The number of halogens is 5. The van der Waals surface area contributed by atoms with Crippen LogP contribution in [-0.2, 0) is 32.0 Å². The Morgan fingerprint density at radius 2 is 1.55 bits per heavy atom. The Kier molecular flexibility index (Phi) is 10.8. The predicted molar refractivity (Wildman–Crippen MR) is 174 cm³/mol. The van der Waals surface area contributed by atoms with Gasteiger partial charge in [-0.15, -0.1) is 0 Å². The van der Waals surface area contributed by atoms with Gasteiger partial charge >= 0.3 is 12.1 Å². The topological polar surface area (TPSA) is 140 Å². The Hall–Kier alpha value is -4.59. The van der Waals surface area contributed by atoms with Crippen LogP contribution in [0.25, 0.3) is 0 Å². The van der Waals surface area contributed by atoms with Crippen LogP contribution in [0.15, 0.2) is 99.7 Å². The molecule has 0 aliphatic rings. The van der Waals surface area contributed by atoms with Gasteiger partial charge in [-0.3, -0.25) is 4.79 Å². The highest BCUT2D eigenvalue weighted by Gasteiger charge is 2.33. The molecule has 9 nitrogen and oxygen atoms in total. The third-order valence-electron chi connectivity index (χ3n) is 6.79. The molecule has 47 heavy (non-hydrogen) atoms. The maximum Gasteiger partial charge on any atom is 0.416 e. The molecule has 0 heterocycles. The van der Waals surface area contributed by atoms with Crippen molar-refractivity contribution in [3.05, 3.63) is 117 Å². The fraction of sp³-hybridized carbons (Fsp3) is 0.156. The molecule has 0 unspecified atom stereocenters. The molecular formula is C32H27Cl2F3N4O5S. The molecule has 0 fully saturated rings. The van der Waals surface area contributed by atoms with Gasteiger partial charge in [0.1, 0.15) is 0 Å². The summed E-state index contributed by atoms with van der Waals surface area (Å²) >= 11 is 12.2. The first-order chi connectivity index (χ1) is 22.1. The van der Waals surface area contributed by atoms with E-state index in [1.54, 1.807) is 49.4 Å². The molecule has 4 aromatic carbocycles. The van der Waals surface area contributed by atoms with Gasteiger partial charge in [0.05, 0.1) is 43.8 Å². The number of amides is 1. The van der Waals surface area contributed by atoms with E-state index in [0.29, 0.717) is 23.4 Å². The molecule has 0 saturated heterocycles. The smallest absolute Gasteiger partial charge is 0.416 e. The minimum atomic E-state index is -4.80. The summed E-state index contributed by atoms with van der Waals surface area (Å²) < 4.78 is 72.4. The molecule has 0 spiro atoms. The summed E-state index contributed by atoms with van der Waals surface area (Å²) in [6.45, 7) is 1.75. The molecule has 0 aliphatic heterocycles. The van der Waals surface area contributed by atoms with Crippen LogP contribution in [0.5, 0.6) is 0 Å². The molecule has 4 aromatic rings. The zero-order valence-corrected chi connectivity index (χ0v) is 27.1. The average Bonchev–Trinajstić information content (AvgIpc) is 3.00. The maximum atomic E-state index is 13.6. The number of benzene rings is 4. The van der Waals surface area contributed by atoms with Gasteiger partial charge in [-0.25, -0.2) is 18.2 Å². The number of nitrogens with two attached hydrogens (primary N) is 1. The van der Waals surface area contributed by atoms with E-state index in [1.807, 2.05) is 0 Å². The van der Waals surface area contributed by atoms with Gasteiger partial charge in [-0.05, 0) is 67.1 Å². The number of ether oxygens (including phenoxy) is 1. The molecule has 0 aromatic heterocycles. The van der Waals surface area contributed by atoms with Crippen LogP contribution in [0.1, 0.15) is 27.0 Å². The average molecular weight is 708 g/mol. The summed E-state index contributed by atoms with van der Waals surface area (Å²) in [6.07, 6.45) is -4.87. The van der Waals surface area contributed by atoms with Crippen molar-refractivity contribution >= 4 is 62.2 Å². The summed E-state index contributed by atoms with van der Waals surface area (Å²) in [5.41, 5.74) is 6.21. The Labute approximate surface area is 278 Å². The standard InChI is InChI=1S/C32H27Cl2F3N4O5S/c1-18-6-13-22(14-7-18)47(44,45)27-15-10-20(32(35,36)37)17-25(27)40-31(38)41-26(30(43)46-2)16-19-8-11-21(12-9-19)39-29(42)28-23(33)4-3-5-24(28)34/h3-15,17,26H,16H2,1-2H3,(H,39,42)(H3,38,40,41)/t26-/m0/s1. The molecule has 4 N–H and O–H groups in total. The highest BCUT2D eigenvalue weighted by Crippen LogP contribution is 2.35. The second-order valence-electron chi connectivity index (χ2n) is 10.2. The monoisotopic (exact) mass is 706 g/mol.